The van der Waals surface area contributed by atoms with Crippen LogP contribution in [0.15, 0.2) is 0 Å². The predicted octanol–water partition coefficient (Wildman–Crippen LogP) is 22.8. The lowest BCUT2D eigenvalue weighted by atomic mass is 9.99. The van der Waals surface area contributed by atoms with Crippen LogP contribution in [0.1, 0.15) is 396 Å². The van der Waals surface area contributed by atoms with E-state index in [0.717, 1.165) is 114 Å². The molecule has 4 unspecified atom stereocenters. The number of hydrogen-bond donors (Lipinski definition) is 3. The van der Waals surface area contributed by atoms with Gasteiger partial charge in [0.1, 0.15) is 19.3 Å². The maximum absolute atomic E-state index is 13.1. The number of phosphoric acid groups is 2. The number of carbonyl (C=O) groups excluding carboxylic acids is 4. The van der Waals surface area contributed by atoms with Crippen LogP contribution in [0.25, 0.3) is 0 Å². The largest absolute Gasteiger partial charge is 0.472 e. The molecule has 3 N–H and O–H groups in total. The highest BCUT2D eigenvalue weighted by atomic mass is 31.2. The van der Waals surface area contributed by atoms with Gasteiger partial charge in [0, 0.05) is 25.7 Å². The zero-order chi connectivity index (χ0) is 71.7. The number of phosphoric ester groups is 2. The monoisotopic (exact) mass is 1420 g/mol. The number of hydrogen-bond acceptors (Lipinski definition) is 15. The van der Waals surface area contributed by atoms with E-state index >= 15 is 0 Å². The molecule has 0 aromatic rings. The highest BCUT2D eigenvalue weighted by molar-refractivity contribution is 7.47. The average molecular weight is 1420 g/mol. The number of aliphatic hydroxyl groups is 1. The maximum atomic E-state index is 13.1. The van der Waals surface area contributed by atoms with E-state index in [1.165, 1.54) is 199 Å². The molecule has 0 saturated heterocycles. The van der Waals surface area contributed by atoms with Gasteiger partial charge in [-0.15, -0.1) is 0 Å². The van der Waals surface area contributed by atoms with Crippen molar-refractivity contribution in [2.45, 2.75) is 414 Å². The highest BCUT2D eigenvalue weighted by Crippen LogP contribution is 2.45. The molecular weight excluding hydrogens is 1270 g/mol. The molecule has 17 nitrogen and oxygen atoms in total. The Bertz CT molecular complexity index is 1910. The van der Waals surface area contributed by atoms with Crippen molar-refractivity contribution < 1.29 is 80.2 Å². The second kappa shape index (κ2) is 67.2. The SMILES string of the molecule is CCC(C)CCCCCCCCCCCCC(=O)OC[C@H](COP(=O)(O)OC[C@@H](O)COP(=O)(O)OC[C@@H](COC(=O)CCCCCCCCCCC(C)CC)OC(=O)CCCCCCCCCCCCC(C)C)OC(=O)CCCCCCCCCCCCCCCCCC(C)C. The summed E-state index contributed by atoms with van der Waals surface area (Å²) in [5, 5.41) is 10.6. The molecule has 97 heavy (non-hydrogen) atoms. The van der Waals surface area contributed by atoms with Gasteiger partial charge in [0.25, 0.3) is 0 Å². The number of ether oxygens (including phenoxy) is 4. The minimum Gasteiger partial charge on any atom is -0.462 e. The van der Waals surface area contributed by atoms with Crippen LogP contribution >= 0.6 is 15.6 Å². The number of unbranched alkanes of at least 4 members (excludes halogenated alkanes) is 39. The van der Waals surface area contributed by atoms with Crippen molar-refractivity contribution in [2.75, 3.05) is 39.6 Å². The van der Waals surface area contributed by atoms with Crippen LogP contribution in [-0.2, 0) is 65.4 Å². The summed E-state index contributed by atoms with van der Waals surface area (Å²) < 4.78 is 68.6. The summed E-state index contributed by atoms with van der Waals surface area (Å²) in [5.41, 5.74) is 0. The first-order chi connectivity index (χ1) is 46.7. The van der Waals surface area contributed by atoms with Crippen LogP contribution < -0.4 is 0 Å². The summed E-state index contributed by atoms with van der Waals surface area (Å²) in [7, 11) is -9.92. The fraction of sp³-hybridized carbons (Fsp3) is 0.949. The van der Waals surface area contributed by atoms with Gasteiger partial charge in [-0.25, -0.2) is 9.13 Å². The van der Waals surface area contributed by atoms with Crippen LogP contribution in [0, 0.1) is 23.7 Å². The van der Waals surface area contributed by atoms with E-state index in [-0.39, 0.29) is 25.7 Å². The van der Waals surface area contributed by atoms with Gasteiger partial charge in [-0.2, -0.15) is 0 Å². The summed E-state index contributed by atoms with van der Waals surface area (Å²) in [5.74, 6) is 1.02. The van der Waals surface area contributed by atoms with Crippen molar-refractivity contribution in [3.05, 3.63) is 0 Å². The lowest BCUT2D eigenvalue weighted by Gasteiger charge is -2.21. The van der Waals surface area contributed by atoms with E-state index in [1.807, 2.05) is 0 Å². The first-order valence-electron chi connectivity index (χ1n) is 40.3. The molecule has 0 aliphatic heterocycles. The molecule has 0 aromatic heterocycles. The van der Waals surface area contributed by atoms with Gasteiger partial charge >= 0.3 is 39.5 Å². The molecule has 0 bridgehead atoms. The van der Waals surface area contributed by atoms with Crippen molar-refractivity contribution in [1.82, 2.24) is 0 Å². The van der Waals surface area contributed by atoms with E-state index in [1.54, 1.807) is 0 Å². The van der Waals surface area contributed by atoms with Crippen LogP contribution in [0.2, 0.25) is 0 Å². The molecule has 7 atom stereocenters. The first-order valence-corrected chi connectivity index (χ1v) is 43.3. The summed E-state index contributed by atoms with van der Waals surface area (Å²) in [6.45, 7) is 14.3. The second-order valence-corrected chi connectivity index (χ2v) is 32.4. The van der Waals surface area contributed by atoms with Crippen molar-refractivity contribution in [3.8, 4) is 0 Å². The van der Waals surface area contributed by atoms with Crippen LogP contribution in [0.5, 0.6) is 0 Å². The predicted molar refractivity (Wildman–Crippen MR) is 395 cm³/mol. The summed E-state index contributed by atoms with van der Waals surface area (Å²) >= 11 is 0. The molecule has 0 aliphatic carbocycles. The smallest absolute Gasteiger partial charge is 0.462 e. The minimum atomic E-state index is -4.96. The molecular formula is C78H152O17P2. The van der Waals surface area contributed by atoms with Gasteiger partial charge in [0.2, 0.25) is 0 Å². The molecule has 0 saturated carbocycles. The third kappa shape index (κ3) is 69.5. The Labute approximate surface area is 594 Å². The van der Waals surface area contributed by atoms with Gasteiger partial charge in [-0.05, 0) is 49.4 Å². The lowest BCUT2D eigenvalue weighted by molar-refractivity contribution is -0.161. The van der Waals surface area contributed by atoms with Gasteiger partial charge in [0.05, 0.1) is 26.4 Å². The minimum absolute atomic E-state index is 0.105. The maximum Gasteiger partial charge on any atom is 0.472 e. The fourth-order valence-corrected chi connectivity index (χ4v) is 13.4. The lowest BCUT2D eigenvalue weighted by Crippen LogP contribution is -2.30. The third-order valence-electron chi connectivity index (χ3n) is 18.8. The third-order valence-corrected chi connectivity index (χ3v) is 20.7. The Morgan fingerprint density at radius 2 is 0.495 bits per heavy atom. The Hall–Kier alpha value is -1.94. The average Bonchev–Trinajstić information content (AvgIpc) is 1.05. The van der Waals surface area contributed by atoms with E-state index in [2.05, 4.69) is 55.4 Å². The molecule has 0 aromatic carbocycles. The van der Waals surface area contributed by atoms with Gasteiger partial charge in [0.15, 0.2) is 12.2 Å². The molecule has 0 fully saturated rings. The number of rotatable bonds is 75. The van der Waals surface area contributed by atoms with Gasteiger partial charge in [-0.1, -0.05) is 344 Å². The number of carbonyl (C=O) groups is 4. The normalized spacial score (nSPS) is 14.6. The van der Waals surface area contributed by atoms with Crippen LogP contribution in [0.3, 0.4) is 0 Å². The van der Waals surface area contributed by atoms with Crippen LogP contribution in [0.4, 0.5) is 0 Å². The molecule has 0 heterocycles. The zero-order valence-electron chi connectivity index (χ0n) is 63.7. The Balaban J connectivity index is 5.27. The van der Waals surface area contributed by atoms with Gasteiger partial charge < -0.3 is 33.8 Å². The highest BCUT2D eigenvalue weighted by Gasteiger charge is 2.30. The number of esters is 4. The second-order valence-electron chi connectivity index (χ2n) is 29.5. The van der Waals surface area contributed by atoms with Crippen molar-refractivity contribution >= 4 is 39.5 Å². The molecule has 0 radical (unpaired) electrons. The molecule has 19 heteroatoms. The topological polar surface area (TPSA) is 237 Å². The summed E-state index contributed by atoms with van der Waals surface area (Å²) in [6, 6.07) is 0. The fourth-order valence-electron chi connectivity index (χ4n) is 11.8. The van der Waals surface area contributed by atoms with Crippen LogP contribution in [-0.4, -0.2) is 96.7 Å². The molecule has 0 amide bonds. The molecule has 0 aliphatic rings. The summed E-state index contributed by atoms with van der Waals surface area (Å²) in [6.07, 6.45) is 52.5. The molecule has 0 rings (SSSR count). The van der Waals surface area contributed by atoms with E-state index in [4.69, 9.17) is 37.0 Å². The van der Waals surface area contributed by atoms with E-state index in [9.17, 15) is 43.2 Å². The Morgan fingerprint density at radius 1 is 0.289 bits per heavy atom. The molecule has 576 valence electrons. The standard InChI is InChI=1S/C78H152O17P2/c1-9-70(7)56-48-40-32-24-19-21-25-34-42-50-58-75(80)88-64-73(94-77(82)60-52-44-36-26-17-15-13-11-12-14-16-22-30-38-46-54-68(3)4)66-92-96(84,85)90-62-72(79)63-91-97(86,87)93-67-74(65-89-76(81)59-51-43-35-29-28-33-41-49-57-71(8)10-2)95-78(83)61-53-45-37-27-20-18-23-31-39-47-55-69(5)6/h68-74,79H,9-67H2,1-8H3,(H,84,85)(H,86,87)/t70?,71?,72-,73-,74-/m1/s1. The van der Waals surface area contributed by atoms with Crippen molar-refractivity contribution in [2.24, 2.45) is 23.7 Å². The van der Waals surface area contributed by atoms with E-state index < -0.39 is 97.5 Å². The summed E-state index contributed by atoms with van der Waals surface area (Å²) in [4.78, 5) is 72.9. The molecule has 0 spiro atoms. The van der Waals surface area contributed by atoms with E-state index in [0.29, 0.717) is 25.7 Å². The Morgan fingerprint density at radius 3 is 0.732 bits per heavy atom. The Kier molecular flexibility index (Phi) is 65.9. The van der Waals surface area contributed by atoms with Crippen molar-refractivity contribution in [1.29, 1.82) is 0 Å². The van der Waals surface area contributed by atoms with Crippen molar-refractivity contribution in [3.63, 3.8) is 0 Å². The quantitative estimate of drug-likeness (QED) is 0.0222. The van der Waals surface area contributed by atoms with Gasteiger partial charge in [-0.3, -0.25) is 37.3 Å². The number of aliphatic hydroxyl groups excluding tert-OH is 1. The first kappa shape index (κ1) is 95.1. The zero-order valence-corrected chi connectivity index (χ0v) is 65.5.